The van der Waals surface area contributed by atoms with Crippen molar-refractivity contribution in [2.24, 2.45) is 0 Å². The number of aryl methyl sites for hydroxylation is 4. The summed E-state index contributed by atoms with van der Waals surface area (Å²) in [6.07, 6.45) is 2.70. The van der Waals surface area contributed by atoms with Crippen molar-refractivity contribution in [2.75, 3.05) is 22.4 Å². The number of carbonyl (C=O) groups is 1. The minimum absolute atomic E-state index is 0.221. The lowest BCUT2D eigenvalue weighted by Gasteiger charge is -2.29. The summed E-state index contributed by atoms with van der Waals surface area (Å²) >= 11 is 0. The molecule has 1 aliphatic heterocycles. The van der Waals surface area contributed by atoms with Gasteiger partial charge in [-0.1, -0.05) is 0 Å². The molecule has 1 aliphatic rings. The molecule has 0 saturated carbocycles. The van der Waals surface area contributed by atoms with Gasteiger partial charge in [0.15, 0.2) is 0 Å². The lowest BCUT2D eigenvalue weighted by molar-refractivity contribution is 0.102. The van der Waals surface area contributed by atoms with Crippen molar-refractivity contribution in [1.29, 1.82) is 0 Å². The average molecular weight is 373 g/mol. The number of hydrogen-bond donors (Lipinski definition) is 1. The zero-order valence-corrected chi connectivity index (χ0v) is 16.3. The van der Waals surface area contributed by atoms with E-state index in [9.17, 15) is 13.2 Å². The van der Waals surface area contributed by atoms with Gasteiger partial charge in [-0.25, -0.2) is 8.42 Å². The van der Waals surface area contributed by atoms with Crippen molar-refractivity contribution in [1.82, 2.24) is 4.98 Å². The van der Waals surface area contributed by atoms with Crippen molar-refractivity contribution >= 4 is 27.3 Å². The van der Waals surface area contributed by atoms with Crippen molar-refractivity contribution in [3.05, 3.63) is 52.3 Å². The Kier molecular flexibility index (Phi) is 4.75. The Bertz CT molecular complexity index is 961. The molecule has 1 aromatic carbocycles. The van der Waals surface area contributed by atoms with E-state index >= 15 is 0 Å². The molecule has 138 valence electrons. The lowest BCUT2D eigenvalue weighted by atomic mass is 10.0. The van der Waals surface area contributed by atoms with Gasteiger partial charge in [0.25, 0.3) is 5.91 Å². The number of sulfonamides is 1. The molecule has 1 N–H and O–H groups in total. The van der Waals surface area contributed by atoms with Gasteiger partial charge in [0.05, 0.1) is 23.3 Å². The maximum absolute atomic E-state index is 12.7. The van der Waals surface area contributed by atoms with Crippen LogP contribution in [0.3, 0.4) is 0 Å². The van der Waals surface area contributed by atoms with Gasteiger partial charge >= 0.3 is 0 Å². The molecule has 0 spiro atoms. The van der Waals surface area contributed by atoms with Gasteiger partial charge in [-0.15, -0.1) is 0 Å². The molecule has 1 aromatic heterocycles. The zero-order valence-electron chi connectivity index (χ0n) is 15.5. The third kappa shape index (κ3) is 3.58. The molecule has 2 aromatic rings. The topological polar surface area (TPSA) is 79.4 Å². The molecule has 0 radical (unpaired) electrons. The number of rotatable bonds is 3. The van der Waals surface area contributed by atoms with Gasteiger partial charge in [-0.05, 0) is 69.0 Å². The summed E-state index contributed by atoms with van der Waals surface area (Å²) in [5, 5.41) is 2.94. The van der Waals surface area contributed by atoms with E-state index in [1.54, 1.807) is 18.2 Å². The second-order valence-corrected chi connectivity index (χ2v) is 8.68. The molecule has 0 atom stereocenters. The number of fused-ring (bicyclic) bond motifs is 1. The number of aromatic nitrogens is 1. The molecule has 0 saturated heterocycles. The van der Waals surface area contributed by atoms with Crippen LogP contribution in [0.4, 0.5) is 11.4 Å². The maximum atomic E-state index is 12.7. The third-order valence-electron chi connectivity index (χ3n) is 4.58. The van der Waals surface area contributed by atoms with Crippen molar-refractivity contribution < 1.29 is 13.2 Å². The summed E-state index contributed by atoms with van der Waals surface area (Å²) in [7, 11) is -3.31. The van der Waals surface area contributed by atoms with Crippen molar-refractivity contribution in [3.8, 4) is 0 Å². The molecule has 0 fully saturated rings. The molecule has 0 aliphatic carbocycles. The maximum Gasteiger partial charge on any atom is 0.255 e. The fourth-order valence-electron chi connectivity index (χ4n) is 3.45. The fraction of sp³-hybridized carbons (Fsp3) is 0.368. The van der Waals surface area contributed by atoms with Crippen molar-refractivity contribution in [2.45, 2.75) is 33.6 Å². The Hall–Kier alpha value is -2.41. The molecule has 1 amide bonds. The minimum Gasteiger partial charge on any atom is -0.320 e. The Morgan fingerprint density at radius 2 is 1.92 bits per heavy atom. The van der Waals surface area contributed by atoms with E-state index in [0.717, 1.165) is 41.0 Å². The Morgan fingerprint density at radius 3 is 2.58 bits per heavy atom. The van der Waals surface area contributed by atoms with Crippen LogP contribution in [0.15, 0.2) is 24.3 Å². The molecule has 7 heteroatoms. The summed E-state index contributed by atoms with van der Waals surface area (Å²) in [4.78, 5) is 17.1. The Morgan fingerprint density at radius 1 is 1.19 bits per heavy atom. The van der Waals surface area contributed by atoms with Crippen LogP contribution in [-0.4, -0.2) is 32.1 Å². The first-order valence-electron chi connectivity index (χ1n) is 8.53. The van der Waals surface area contributed by atoms with Gasteiger partial charge in [0.2, 0.25) is 10.0 Å². The van der Waals surface area contributed by atoms with Gasteiger partial charge in [0.1, 0.15) is 0 Å². The number of anilines is 2. The van der Waals surface area contributed by atoms with Gasteiger partial charge in [-0.2, -0.15) is 0 Å². The highest BCUT2D eigenvalue weighted by atomic mass is 32.2. The second-order valence-electron chi connectivity index (χ2n) is 6.78. The van der Waals surface area contributed by atoms with E-state index in [2.05, 4.69) is 10.3 Å². The second kappa shape index (κ2) is 6.72. The van der Waals surface area contributed by atoms with Crippen LogP contribution in [-0.2, 0) is 16.4 Å². The number of nitrogens with zero attached hydrogens (tertiary/aromatic N) is 2. The number of nitrogens with one attached hydrogen (secondary N) is 1. The van der Waals surface area contributed by atoms with Crippen LogP contribution in [0, 0.1) is 20.8 Å². The summed E-state index contributed by atoms with van der Waals surface area (Å²) in [5.41, 5.74) is 5.42. The number of pyridine rings is 1. The van der Waals surface area contributed by atoms with Crippen LogP contribution < -0.4 is 9.62 Å². The molecule has 0 bridgehead atoms. The fourth-order valence-corrected chi connectivity index (χ4v) is 4.44. The highest BCUT2D eigenvalue weighted by molar-refractivity contribution is 7.92. The zero-order chi connectivity index (χ0) is 19.1. The smallest absolute Gasteiger partial charge is 0.255 e. The summed E-state index contributed by atoms with van der Waals surface area (Å²) < 4.78 is 25.3. The number of hydrogen-bond acceptors (Lipinski definition) is 4. The molecular weight excluding hydrogens is 350 g/mol. The number of benzene rings is 1. The van der Waals surface area contributed by atoms with Crippen molar-refractivity contribution in [3.63, 3.8) is 0 Å². The van der Waals surface area contributed by atoms with Gasteiger partial charge < -0.3 is 5.32 Å². The first-order valence-corrected chi connectivity index (χ1v) is 10.4. The number of amides is 1. The standard InChI is InChI=1S/C19H23N3O3S/c1-12-10-13(2)20-14(3)18(12)21-19(23)16-7-8-17-15(11-16)6-5-9-22(17)26(4,24)25/h7-8,10-11H,5-6,9H2,1-4H3,(H,21,23). The SMILES string of the molecule is Cc1cc(C)c(NC(=O)c2ccc3c(c2)CCCN3S(C)(=O)=O)c(C)n1. The largest absolute Gasteiger partial charge is 0.320 e. The molecule has 26 heavy (non-hydrogen) atoms. The summed E-state index contributed by atoms with van der Waals surface area (Å²) in [5.74, 6) is -0.221. The van der Waals surface area contributed by atoms with Crippen LogP contribution in [0.1, 0.15) is 39.3 Å². The van der Waals surface area contributed by atoms with E-state index < -0.39 is 10.0 Å². The van der Waals surface area contributed by atoms with E-state index in [0.29, 0.717) is 17.8 Å². The van der Waals surface area contributed by atoms with Gasteiger partial charge in [0, 0.05) is 17.8 Å². The van der Waals surface area contributed by atoms with E-state index in [4.69, 9.17) is 0 Å². The van der Waals surface area contributed by atoms with E-state index in [-0.39, 0.29) is 5.91 Å². The first kappa shape index (κ1) is 18.4. The Labute approximate surface area is 154 Å². The molecule has 3 rings (SSSR count). The quantitative estimate of drug-likeness (QED) is 0.897. The molecular formula is C19H23N3O3S. The average Bonchev–Trinajstić information content (AvgIpc) is 2.56. The molecule has 6 nitrogen and oxygen atoms in total. The predicted molar refractivity (Wildman–Crippen MR) is 103 cm³/mol. The Balaban J connectivity index is 1.91. The molecule has 0 unspecified atom stereocenters. The minimum atomic E-state index is -3.31. The van der Waals surface area contributed by atoms with Crippen LogP contribution in [0.5, 0.6) is 0 Å². The van der Waals surface area contributed by atoms with Crippen LogP contribution in [0.25, 0.3) is 0 Å². The van der Waals surface area contributed by atoms with E-state index in [1.807, 2.05) is 26.8 Å². The summed E-state index contributed by atoms with van der Waals surface area (Å²) in [6, 6.07) is 7.11. The highest BCUT2D eigenvalue weighted by Crippen LogP contribution is 2.30. The highest BCUT2D eigenvalue weighted by Gasteiger charge is 2.24. The van der Waals surface area contributed by atoms with Crippen LogP contribution >= 0.6 is 0 Å². The number of carbonyl (C=O) groups excluding carboxylic acids is 1. The van der Waals surface area contributed by atoms with E-state index in [1.165, 1.54) is 10.6 Å². The summed E-state index contributed by atoms with van der Waals surface area (Å²) in [6.45, 7) is 6.20. The third-order valence-corrected chi connectivity index (χ3v) is 5.76. The monoisotopic (exact) mass is 373 g/mol. The normalized spacial score (nSPS) is 14.1. The molecule has 2 heterocycles. The first-order chi connectivity index (χ1) is 12.2. The predicted octanol–water partition coefficient (Wildman–Crippen LogP) is 2.97. The van der Waals surface area contributed by atoms with Gasteiger partial charge in [-0.3, -0.25) is 14.1 Å². The lowest BCUT2D eigenvalue weighted by Crippen LogP contribution is -2.34. The van der Waals surface area contributed by atoms with Crippen LogP contribution in [0.2, 0.25) is 0 Å².